The predicted octanol–water partition coefficient (Wildman–Crippen LogP) is 1.94. The third kappa shape index (κ3) is 1.92. The van der Waals surface area contributed by atoms with Crippen molar-refractivity contribution in [3.8, 4) is 0 Å². The number of carboxylic acids is 1. The van der Waals surface area contributed by atoms with Crippen LogP contribution < -0.4 is 0 Å². The Kier molecular flexibility index (Phi) is 2.60. The molecule has 0 amide bonds. The number of aliphatic carboxylic acids is 1. The van der Waals surface area contributed by atoms with E-state index in [1.54, 1.807) is 13.0 Å². The largest absolute Gasteiger partial charge is 0.478 e. The zero-order valence-corrected chi connectivity index (χ0v) is 7.68. The van der Waals surface area contributed by atoms with Crippen molar-refractivity contribution in [2.75, 3.05) is 0 Å². The number of carbonyl (C=O) groups is 1. The minimum Gasteiger partial charge on any atom is -0.478 e. The Balaban J connectivity index is 2.95. The fourth-order valence-electron chi connectivity index (χ4n) is 0.734. The molecule has 0 aromatic carbocycles. The Morgan fingerprint density at radius 1 is 1.75 bits per heavy atom. The fourth-order valence-corrected chi connectivity index (χ4v) is 1.40. The Morgan fingerprint density at radius 2 is 2.42 bits per heavy atom. The topological polar surface area (TPSA) is 50.2 Å². The molecule has 0 aliphatic heterocycles. The van der Waals surface area contributed by atoms with E-state index in [9.17, 15) is 4.79 Å². The molecule has 0 unspecified atom stereocenters. The normalized spacial score (nSPS) is 11.7. The second-order valence-corrected chi connectivity index (χ2v) is 3.12. The van der Waals surface area contributed by atoms with Gasteiger partial charge in [-0.15, -0.1) is 0 Å². The average Bonchev–Trinajstić information content (AvgIpc) is 2.36. The second kappa shape index (κ2) is 3.49. The lowest BCUT2D eigenvalue weighted by atomic mass is 10.2. The quantitative estimate of drug-likeness (QED) is 0.713. The van der Waals surface area contributed by atoms with Crippen molar-refractivity contribution in [1.29, 1.82) is 0 Å². The van der Waals surface area contributed by atoms with E-state index in [1.165, 1.54) is 11.5 Å². The van der Waals surface area contributed by atoms with E-state index in [-0.39, 0.29) is 0 Å². The van der Waals surface area contributed by atoms with Gasteiger partial charge < -0.3 is 5.11 Å². The zero-order chi connectivity index (χ0) is 9.14. The maximum absolute atomic E-state index is 10.5. The first-order valence-electron chi connectivity index (χ1n) is 3.44. The highest BCUT2D eigenvalue weighted by molar-refractivity contribution is 7.03. The van der Waals surface area contributed by atoms with Gasteiger partial charge in [0.25, 0.3) is 0 Å². The highest BCUT2D eigenvalue weighted by atomic mass is 32.1. The number of rotatable bonds is 2. The molecule has 12 heavy (non-hydrogen) atoms. The lowest BCUT2D eigenvalue weighted by molar-refractivity contribution is -0.132. The number of aromatic nitrogens is 1. The fraction of sp³-hybridized carbons (Fsp3) is 0.250. The van der Waals surface area contributed by atoms with Crippen LogP contribution in [0.4, 0.5) is 0 Å². The number of aryl methyl sites for hydroxylation is 1. The highest BCUT2D eigenvalue weighted by Gasteiger charge is 2.02. The van der Waals surface area contributed by atoms with Crippen LogP contribution in [0, 0.1) is 6.92 Å². The molecule has 0 aliphatic carbocycles. The van der Waals surface area contributed by atoms with Gasteiger partial charge in [0.05, 0.1) is 5.69 Å². The second-order valence-electron chi connectivity index (χ2n) is 2.49. The third-order valence-corrected chi connectivity index (χ3v) is 2.24. The number of hydrogen-bond donors (Lipinski definition) is 1. The summed E-state index contributed by atoms with van der Waals surface area (Å²) in [6.07, 6.45) is 1.63. The van der Waals surface area contributed by atoms with Crippen molar-refractivity contribution >= 4 is 23.6 Å². The Labute approximate surface area is 74.5 Å². The van der Waals surface area contributed by atoms with Gasteiger partial charge in [-0.1, -0.05) is 0 Å². The molecule has 0 spiro atoms. The van der Waals surface area contributed by atoms with E-state index in [4.69, 9.17) is 5.11 Å². The van der Waals surface area contributed by atoms with Crippen LogP contribution in [-0.2, 0) is 4.79 Å². The van der Waals surface area contributed by atoms with Crippen LogP contribution >= 0.6 is 11.5 Å². The van der Waals surface area contributed by atoms with E-state index >= 15 is 0 Å². The molecule has 0 radical (unpaired) electrons. The molecule has 1 heterocycles. The Morgan fingerprint density at radius 3 is 2.83 bits per heavy atom. The maximum atomic E-state index is 10.5. The lowest BCUT2D eigenvalue weighted by Crippen LogP contribution is -1.95. The molecule has 0 bridgehead atoms. The molecular formula is C8H9NO2S. The smallest absolute Gasteiger partial charge is 0.331 e. The number of hydrogen-bond acceptors (Lipinski definition) is 3. The van der Waals surface area contributed by atoms with E-state index in [1.807, 2.05) is 12.3 Å². The van der Waals surface area contributed by atoms with E-state index in [0.717, 1.165) is 11.3 Å². The van der Waals surface area contributed by atoms with Crippen molar-refractivity contribution < 1.29 is 9.90 Å². The van der Waals surface area contributed by atoms with Gasteiger partial charge >= 0.3 is 5.97 Å². The summed E-state index contributed by atoms with van der Waals surface area (Å²) in [7, 11) is 0. The predicted molar refractivity (Wildman–Crippen MR) is 48.1 cm³/mol. The van der Waals surface area contributed by atoms with Gasteiger partial charge in [-0.25, -0.2) is 4.79 Å². The average molecular weight is 183 g/mol. The molecule has 1 rings (SSSR count). The minimum atomic E-state index is -0.888. The minimum absolute atomic E-state index is 0.332. The van der Waals surface area contributed by atoms with Crippen LogP contribution in [0.15, 0.2) is 11.0 Å². The summed E-state index contributed by atoms with van der Waals surface area (Å²) in [5, 5.41) is 10.4. The summed E-state index contributed by atoms with van der Waals surface area (Å²) in [5.41, 5.74) is 2.10. The molecule has 1 aromatic heterocycles. The molecule has 4 heteroatoms. The molecule has 0 aliphatic rings. The first-order chi connectivity index (χ1) is 5.61. The van der Waals surface area contributed by atoms with Crippen LogP contribution in [0.5, 0.6) is 0 Å². The Bertz CT molecular complexity index is 328. The van der Waals surface area contributed by atoms with E-state index < -0.39 is 5.97 Å². The molecule has 1 N–H and O–H groups in total. The van der Waals surface area contributed by atoms with Gasteiger partial charge in [0.2, 0.25) is 0 Å². The lowest BCUT2D eigenvalue weighted by Gasteiger charge is -1.91. The van der Waals surface area contributed by atoms with Crippen LogP contribution in [-0.4, -0.2) is 15.4 Å². The SMILES string of the molecule is C/C(=C\c1csnc1C)C(=O)O. The standard InChI is InChI=1S/C8H9NO2S/c1-5(8(10)11)3-7-4-12-9-6(7)2/h3-4H,1-2H3,(H,10,11)/b5-3+. The summed E-state index contributed by atoms with van der Waals surface area (Å²) in [4.78, 5) is 10.5. The van der Waals surface area contributed by atoms with Gasteiger partial charge in [0, 0.05) is 16.5 Å². The van der Waals surface area contributed by atoms with Crippen molar-refractivity contribution in [3.63, 3.8) is 0 Å². The first-order valence-corrected chi connectivity index (χ1v) is 4.27. The van der Waals surface area contributed by atoms with Crippen molar-refractivity contribution in [2.45, 2.75) is 13.8 Å². The highest BCUT2D eigenvalue weighted by Crippen LogP contribution is 2.13. The van der Waals surface area contributed by atoms with E-state index in [2.05, 4.69) is 4.37 Å². The van der Waals surface area contributed by atoms with Crippen molar-refractivity contribution in [3.05, 3.63) is 22.2 Å². The molecule has 3 nitrogen and oxygen atoms in total. The van der Waals surface area contributed by atoms with Crippen molar-refractivity contribution in [1.82, 2.24) is 4.37 Å². The van der Waals surface area contributed by atoms with Gasteiger partial charge in [0.15, 0.2) is 0 Å². The Hall–Kier alpha value is -1.16. The third-order valence-electron chi connectivity index (χ3n) is 1.50. The molecular weight excluding hydrogens is 174 g/mol. The van der Waals surface area contributed by atoms with Crippen LogP contribution in [0.25, 0.3) is 6.08 Å². The maximum Gasteiger partial charge on any atom is 0.331 e. The van der Waals surface area contributed by atoms with Gasteiger partial charge in [-0.2, -0.15) is 4.37 Å². The zero-order valence-electron chi connectivity index (χ0n) is 6.87. The monoisotopic (exact) mass is 183 g/mol. The molecule has 64 valence electrons. The molecule has 0 saturated heterocycles. The van der Waals surface area contributed by atoms with Gasteiger partial charge in [-0.05, 0) is 31.5 Å². The van der Waals surface area contributed by atoms with Crippen LogP contribution in [0.3, 0.4) is 0 Å². The van der Waals surface area contributed by atoms with Crippen molar-refractivity contribution in [2.24, 2.45) is 0 Å². The summed E-state index contributed by atoms with van der Waals surface area (Å²) >= 11 is 1.33. The summed E-state index contributed by atoms with van der Waals surface area (Å²) in [6.45, 7) is 3.43. The summed E-state index contributed by atoms with van der Waals surface area (Å²) < 4.78 is 4.03. The number of carboxylic acid groups (broad SMARTS) is 1. The van der Waals surface area contributed by atoms with Gasteiger partial charge in [-0.3, -0.25) is 0 Å². The molecule has 0 fully saturated rings. The first kappa shape index (κ1) is 8.93. The summed E-state index contributed by atoms with van der Waals surface area (Å²) in [5.74, 6) is -0.888. The molecule has 0 atom stereocenters. The summed E-state index contributed by atoms with van der Waals surface area (Å²) in [6, 6.07) is 0. The van der Waals surface area contributed by atoms with E-state index in [0.29, 0.717) is 5.57 Å². The molecule has 1 aromatic rings. The number of nitrogens with zero attached hydrogens (tertiary/aromatic N) is 1. The van der Waals surface area contributed by atoms with Crippen LogP contribution in [0.2, 0.25) is 0 Å². The molecule has 0 saturated carbocycles. The van der Waals surface area contributed by atoms with Gasteiger partial charge in [0.1, 0.15) is 0 Å². The van der Waals surface area contributed by atoms with Crippen LogP contribution in [0.1, 0.15) is 18.2 Å².